The Kier molecular flexibility index (Phi) is 4.75. The zero-order valence-corrected chi connectivity index (χ0v) is 15.7. The van der Waals surface area contributed by atoms with E-state index in [1.54, 1.807) is 18.3 Å². The van der Waals surface area contributed by atoms with Gasteiger partial charge in [0, 0.05) is 10.7 Å². The maximum absolute atomic E-state index is 12.3. The largest absolute Gasteiger partial charge is 0.573 e. The molecule has 0 unspecified atom stereocenters. The van der Waals surface area contributed by atoms with Gasteiger partial charge < -0.3 is 10.1 Å². The number of hydrogen-bond donors (Lipinski definition) is 1. The van der Waals surface area contributed by atoms with Crippen LogP contribution in [0.25, 0.3) is 16.9 Å². The fourth-order valence-electron chi connectivity index (χ4n) is 2.87. The van der Waals surface area contributed by atoms with Crippen LogP contribution in [0.1, 0.15) is 5.82 Å². The van der Waals surface area contributed by atoms with Gasteiger partial charge in [-0.15, -0.1) is 13.2 Å². The van der Waals surface area contributed by atoms with E-state index in [2.05, 4.69) is 25.0 Å². The van der Waals surface area contributed by atoms with Crippen molar-refractivity contribution in [2.24, 2.45) is 0 Å². The van der Waals surface area contributed by atoms with Crippen molar-refractivity contribution in [3.63, 3.8) is 0 Å². The molecule has 29 heavy (non-hydrogen) atoms. The molecule has 4 aromatic rings. The molecule has 0 amide bonds. The maximum atomic E-state index is 12.3. The molecular formula is C19H13ClF3N5O. The number of alkyl halides is 3. The molecular weight excluding hydrogens is 407 g/mol. The third kappa shape index (κ3) is 4.24. The summed E-state index contributed by atoms with van der Waals surface area (Å²) in [6, 6.07) is 10.7. The Morgan fingerprint density at radius 2 is 1.79 bits per heavy atom. The van der Waals surface area contributed by atoms with Crippen LogP contribution in [0.4, 0.5) is 24.7 Å². The number of halogens is 4. The topological polar surface area (TPSA) is 64.9 Å². The van der Waals surface area contributed by atoms with Gasteiger partial charge in [0.1, 0.15) is 11.6 Å². The molecule has 2 heterocycles. The molecule has 0 aliphatic carbocycles. The highest BCUT2D eigenvalue weighted by molar-refractivity contribution is 6.31. The van der Waals surface area contributed by atoms with Gasteiger partial charge in [-0.1, -0.05) is 11.6 Å². The van der Waals surface area contributed by atoms with Crippen molar-refractivity contribution in [3.05, 3.63) is 65.7 Å². The highest BCUT2D eigenvalue weighted by Crippen LogP contribution is 2.26. The Bertz CT molecular complexity index is 1170. The van der Waals surface area contributed by atoms with Gasteiger partial charge in [0.25, 0.3) is 0 Å². The summed E-state index contributed by atoms with van der Waals surface area (Å²) in [6.07, 6.45) is -1.63. The monoisotopic (exact) mass is 419 g/mol. The van der Waals surface area contributed by atoms with Crippen LogP contribution in [0.5, 0.6) is 5.75 Å². The fraction of sp³-hybridized carbons (Fsp3) is 0.105. The Morgan fingerprint density at radius 3 is 2.52 bits per heavy atom. The van der Waals surface area contributed by atoms with Gasteiger partial charge in [0.05, 0.1) is 23.4 Å². The lowest BCUT2D eigenvalue weighted by molar-refractivity contribution is -0.274. The molecule has 2 aromatic heterocycles. The zero-order chi connectivity index (χ0) is 20.6. The van der Waals surface area contributed by atoms with Gasteiger partial charge in [0.2, 0.25) is 0 Å². The first-order valence-electron chi connectivity index (χ1n) is 8.38. The number of rotatable bonds is 4. The lowest BCUT2D eigenvalue weighted by Crippen LogP contribution is -2.16. The smallest absolute Gasteiger partial charge is 0.406 e. The third-order valence-corrected chi connectivity index (χ3v) is 4.23. The van der Waals surface area contributed by atoms with Crippen LogP contribution in [-0.4, -0.2) is 25.9 Å². The van der Waals surface area contributed by atoms with E-state index in [1.165, 1.54) is 30.5 Å². The number of nitrogens with one attached hydrogen (secondary N) is 1. The van der Waals surface area contributed by atoms with Crippen molar-refractivity contribution in [1.82, 2.24) is 19.5 Å². The number of anilines is 2. The lowest BCUT2D eigenvalue weighted by Gasteiger charge is -2.11. The Hall–Kier alpha value is -3.33. The molecule has 0 saturated carbocycles. The molecule has 0 bridgehead atoms. The second kappa shape index (κ2) is 7.25. The van der Waals surface area contributed by atoms with E-state index in [4.69, 9.17) is 11.6 Å². The van der Waals surface area contributed by atoms with Crippen molar-refractivity contribution in [2.75, 3.05) is 5.32 Å². The molecule has 0 saturated heterocycles. The van der Waals surface area contributed by atoms with Gasteiger partial charge in [-0.2, -0.15) is 0 Å². The lowest BCUT2D eigenvalue weighted by atomic mass is 10.3. The summed E-state index contributed by atoms with van der Waals surface area (Å²) in [5.41, 5.74) is 2.09. The van der Waals surface area contributed by atoms with E-state index >= 15 is 0 Å². The summed E-state index contributed by atoms with van der Waals surface area (Å²) in [6.45, 7) is 1.84. The van der Waals surface area contributed by atoms with Crippen LogP contribution in [0.3, 0.4) is 0 Å². The normalized spacial score (nSPS) is 11.6. The van der Waals surface area contributed by atoms with Gasteiger partial charge in [0.15, 0.2) is 11.6 Å². The molecule has 0 aliphatic heterocycles. The quantitative estimate of drug-likeness (QED) is 0.478. The van der Waals surface area contributed by atoms with E-state index in [0.717, 1.165) is 11.0 Å². The van der Waals surface area contributed by atoms with Crippen molar-refractivity contribution in [3.8, 4) is 11.6 Å². The number of hydrogen-bond acceptors (Lipinski definition) is 5. The molecule has 1 N–H and O–H groups in total. The van der Waals surface area contributed by atoms with Gasteiger partial charge in [-0.05, 0) is 49.4 Å². The highest BCUT2D eigenvalue weighted by atomic mass is 35.5. The minimum absolute atomic E-state index is 0.304. The van der Waals surface area contributed by atoms with E-state index < -0.39 is 6.36 Å². The molecule has 0 atom stereocenters. The second-order valence-corrected chi connectivity index (χ2v) is 6.52. The van der Waals surface area contributed by atoms with Crippen LogP contribution in [0.2, 0.25) is 5.02 Å². The van der Waals surface area contributed by atoms with Crippen LogP contribution < -0.4 is 10.1 Å². The minimum atomic E-state index is -4.73. The summed E-state index contributed by atoms with van der Waals surface area (Å²) >= 11 is 6.03. The first-order chi connectivity index (χ1) is 13.8. The SMILES string of the molecule is Cc1nc2cc(Cl)ccc2n1-c1cncc(Nc2ccc(OC(F)(F)F)cc2)n1. The number of aromatic nitrogens is 4. The molecule has 6 nitrogen and oxygen atoms in total. The van der Waals surface area contributed by atoms with Crippen LogP contribution in [-0.2, 0) is 0 Å². The van der Waals surface area contributed by atoms with Crippen molar-refractivity contribution < 1.29 is 17.9 Å². The maximum Gasteiger partial charge on any atom is 0.573 e. The van der Waals surface area contributed by atoms with Crippen LogP contribution in [0.15, 0.2) is 54.9 Å². The van der Waals surface area contributed by atoms with Gasteiger partial charge in [-0.25, -0.2) is 9.97 Å². The molecule has 0 spiro atoms. The van der Waals surface area contributed by atoms with E-state index in [-0.39, 0.29) is 5.75 Å². The Morgan fingerprint density at radius 1 is 1.03 bits per heavy atom. The predicted octanol–water partition coefficient (Wildman–Crippen LogP) is 5.42. The average molecular weight is 420 g/mol. The Balaban J connectivity index is 1.61. The fourth-order valence-corrected chi connectivity index (χ4v) is 3.04. The first kappa shape index (κ1) is 19.0. The number of fused-ring (bicyclic) bond motifs is 1. The number of aryl methyl sites for hydroxylation is 1. The summed E-state index contributed by atoms with van der Waals surface area (Å²) in [5.74, 6) is 1.36. The molecule has 4 rings (SSSR count). The number of nitrogens with zero attached hydrogens (tertiary/aromatic N) is 4. The molecule has 10 heteroatoms. The average Bonchev–Trinajstić information content (AvgIpc) is 2.97. The number of ether oxygens (including phenoxy) is 1. The molecule has 0 radical (unpaired) electrons. The summed E-state index contributed by atoms with van der Waals surface area (Å²) in [5, 5.41) is 3.59. The first-order valence-corrected chi connectivity index (χ1v) is 8.76. The molecule has 0 aliphatic rings. The second-order valence-electron chi connectivity index (χ2n) is 6.09. The molecule has 148 valence electrons. The summed E-state index contributed by atoms with van der Waals surface area (Å²) < 4.78 is 42.5. The van der Waals surface area contributed by atoms with E-state index in [1.807, 2.05) is 17.6 Å². The molecule has 2 aromatic carbocycles. The Labute approximate surface area is 167 Å². The van der Waals surface area contributed by atoms with Crippen molar-refractivity contribution in [2.45, 2.75) is 13.3 Å². The van der Waals surface area contributed by atoms with E-state index in [9.17, 15) is 13.2 Å². The third-order valence-electron chi connectivity index (χ3n) is 4.00. The number of imidazole rings is 1. The van der Waals surface area contributed by atoms with Crippen molar-refractivity contribution in [1.29, 1.82) is 0 Å². The van der Waals surface area contributed by atoms with Crippen LogP contribution in [0, 0.1) is 6.92 Å². The standard InChI is InChI=1S/C19H13ClF3N5O/c1-11-25-15-8-12(20)2-7-16(15)28(11)18-10-24-9-17(27-18)26-13-3-5-14(6-4-13)29-19(21,22)23/h2-10H,1H3,(H,26,27). The highest BCUT2D eigenvalue weighted by Gasteiger charge is 2.30. The summed E-state index contributed by atoms with van der Waals surface area (Å²) in [4.78, 5) is 13.2. The van der Waals surface area contributed by atoms with Crippen molar-refractivity contribution >= 4 is 34.1 Å². The van der Waals surface area contributed by atoms with Gasteiger partial charge >= 0.3 is 6.36 Å². The van der Waals surface area contributed by atoms with Crippen LogP contribution >= 0.6 is 11.6 Å². The van der Waals surface area contributed by atoms with Gasteiger partial charge in [-0.3, -0.25) is 9.55 Å². The van der Waals surface area contributed by atoms with E-state index in [0.29, 0.717) is 28.2 Å². The molecule has 0 fully saturated rings. The predicted molar refractivity (Wildman–Crippen MR) is 103 cm³/mol. The zero-order valence-electron chi connectivity index (χ0n) is 14.9. The minimum Gasteiger partial charge on any atom is -0.406 e. The number of benzene rings is 2. The summed E-state index contributed by atoms with van der Waals surface area (Å²) in [7, 11) is 0.